The fourth-order valence-corrected chi connectivity index (χ4v) is 2.86. The highest BCUT2D eigenvalue weighted by molar-refractivity contribution is 5.94. The number of unbranched alkanes of at least 4 members (excludes halogenated alkanes) is 2. The predicted molar refractivity (Wildman–Crippen MR) is 82.0 cm³/mol. The largest absolute Gasteiger partial charge is 0.394 e. The summed E-state index contributed by atoms with van der Waals surface area (Å²) >= 11 is 0. The maximum Gasteiger partial charge on any atom is 0.178 e. The van der Waals surface area contributed by atoms with Gasteiger partial charge in [-0.2, -0.15) is 0 Å². The quantitative estimate of drug-likeness (QED) is 0.338. The smallest absolute Gasteiger partial charge is 0.178 e. The van der Waals surface area contributed by atoms with Crippen molar-refractivity contribution in [3.63, 3.8) is 0 Å². The van der Waals surface area contributed by atoms with E-state index in [4.69, 9.17) is 9.84 Å². The minimum atomic E-state index is -1.32. The lowest BCUT2D eigenvalue weighted by Crippen LogP contribution is -2.58. The van der Waals surface area contributed by atoms with Crippen molar-refractivity contribution in [3.05, 3.63) is 24.0 Å². The van der Waals surface area contributed by atoms with Gasteiger partial charge < -0.3 is 30.1 Å². The van der Waals surface area contributed by atoms with E-state index in [1.54, 1.807) is 18.3 Å². The van der Waals surface area contributed by atoms with Gasteiger partial charge >= 0.3 is 0 Å². The first-order chi connectivity index (χ1) is 11.0. The molecule has 1 fully saturated rings. The van der Waals surface area contributed by atoms with Gasteiger partial charge in [0.15, 0.2) is 5.78 Å². The zero-order chi connectivity index (χ0) is 16.8. The van der Waals surface area contributed by atoms with Crippen molar-refractivity contribution < 1.29 is 30.0 Å². The fraction of sp³-hybridized carbons (Fsp3) is 0.688. The van der Waals surface area contributed by atoms with E-state index in [0.717, 1.165) is 19.3 Å². The molecule has 1 aromatic rings. The highest BCUT2D eigenvalue weighted by atomic mass is 16.5. The topological polar surface area (TPSA) is 123 Å². The first kappa shape index (κ1) is 18.1. The standard InChI is InChI=1S/C16H25NO6/c18-9-13-15(21)16(22)14(20)12(23-13)7-3-1-2-6-11(19)10-5-4-8-17-10/h4-5,8,12-18,20-22H,1-3,6-7,9H2. The van der Waals surface area contributed by atoms with Crippen molar-refractivity contribution in [3.8, 4) is 0 Å². The Labute approximate surface area is 134 Å². The van der Waals surface area contributed by atoms with E-state index in [9.17, 15) is 20.1 Å². The molecule has 5 atom stereocenters. The number of H-pyrrole nitrogens is 1. The molecule has 0 amide bonds. The van der Waals surface area contributed by atoms with Gasteiger partial charge in [0.1, 0.15) is 24.4 Å². The van der Waals surface area contributed by atoms with Gasteiger partial charge in [-0.05, 0) is 25.0 Å². The normalized spacial score (nSPS) is 31.2. The summed E-state index contributed by atoms with van der Waals surface area (Å²) in [5.74, 6) is 0.0721. The third kappa shape index (κ3) is 4.62. The molecule has 0 aromatic carbocycles. The molecule has 0 spiro atoms. The highest BCUT2D eigenvalue weighted by Gasteiger charge is 2.42. The molecule has 7 nitrogen and oxygen atoms in total. The molecule has 1 aromatic heterocycles. The zero-order valence-corrected chi connectivity index (χ0v) is 13.0. The number of hydrogen-bond donors (Lipinski definition) is 5. The molecular formula is C16H25NO6. The van der Waals surface area contributed by atoms with E-state index in [1.807, 2.05) is 0 Å². The van der Waals surface area contributed by atoms with Gasteiger partial charge in [0.25, 0.3) is 0 Å². The number of carbonyl (C=O) groups excluding carboxylic acids is 1. The first-order valence-corrected chi connectivity index (χ1v) is 8.01. The molecule has 2 heterocycles. The van der Waals surface area contributed by atoms with E-state index in [-0.39, 0.29) is 5.78 Å². The Morgan fingerprint density at radius 1 is 1.09 bits per heavy atom. The molecule has 1 aliphatic heterocycles. The second kappa shape index (κ2) is 8.56. The number of ether oxygens (including phenoxy) is 1. The average molecular weight is 327 g/mol. The summed E-state index contributed by atoms with van der Waals surface area (Å²) in [7, 11) is 0. The van der Waals surface area contributed by atoms with Gasteiger partial charge in [-0.25, -0.2) is 0 Å². The summed E-state index contributed by atoms with van der Waals surface area (Å²) in [6.45, 7) is -0.411. The number of aromatic nitrogens is 1. The van der Waals surface area contributed by atoms with Crippen LogP contribution in [0.3, 0.4) is 0 Å². The van der Waals surface area contributed by atoms with Crippen molar-refractivity contribution in [1.82, 2.24) is 4.98 Å². The lowest BCUT2D eigenvalue weighted by Gasteiger charge is -2.40. The third-order valence-corrected chi connectivity index (χ3v) is 4.28. The summed E-state index contributed by atoms with van der Waals surface area (Å²) in [6, 6.07) is 3.53. The van der Waals surface area contributed by atoms with Crippen LogP contribution in [0.5, 0.6) is 0 Å². The molecule has 0 aliphatic carbocycles. The van der Waals surface area contributed by atoms with Crippen LogP contribution in [0.4, 0.5) is 0 Å². The number of rotatable bonds is 8. The number of hydrogen-bond acceptors (Lipinski definition) is 6. The Morgan fingerprint density at radius 2 is 1.83 bits per heavy atom. The Morgan fingerprint density at radius 3 is 2.48 bits per heavy atom. The summed E-state index contributed by atoms with van der Waals surface area (Å²) in [6.07, 6.45) is -0.368. The Hall–Kier alpha value is -1.25. The molecule has 1 aliphatic rings. The van der Waals surface area contributed by atoms with Crippen LogP contribution in [-0.4, -0.2) is 68.3 Å². The van der Waals surface area contributed by atoms with E-state index in [1.165, 1.54) is 0 Å². The third-order valence-electron chi connectivity index (χ3n) is 4.28. The van der Waals surface area contributed by atoms with Crippen LogP contribution < -0.4 is 0 Å². The van der Waals surface area contributed by atoms with E-state index in [2.05, 4.69) is 4.98 Å². The lowest BCUT2D eigenvalue weighted by molar-refractivity contribution is -0.230. The van der Waals surface area contributed by atoms with Crippen molar-refractivity contribution >= 4 is 5.78 Å². The van der Waals surface area contributed by atoms with Crippen LogP contribution >= 0.6 is 0 Å². The molecule has 5 N–H and O–H groups in total. The number of ketones is 1. The second-order valence-corrected chi connectivity index (χ2v) is 5.97. The van der Waals surface area contributed by atoms with Gasteiger partial charge in [-0.3, -0.25) is 4.79 Å². The van der Waals surface area contributed by atoms with Crippen molar-refractivity contribution in [1.29, 1.82) is 0 Å². The summed E-state index contributed by atoms with van der Waals surface area (Å²) < 4.78 is 5.44. The Bertz CT molecular complexity index is 475. The molecule has 23 heavy (non-hydrogen) atoms. The Kier molecular flexibility index (Phi) is 6.73. The minimum Gasteiger partial charge on any atom is -0.394 e. The van der Waals surface area contributed by atoms with Gasteiger partial charge in [0.05, 0.1) is 18.4 Å². The fourth-order valence-electron chi connectivity index (χ4n) is 2.86. The summed E-state index contributed by atoms with van der Waals surface area (Å²) in [5, 5.41) is 38.5. The van der Waals surface area contributed by atoms with Crippen LogP contribution in [0.15, 0.2) is 18.3 Å². The monoisotopic (exact) mass is 327 g/mol. The second-order valence-electron chi connectivity index (χ2n) is 5.97. The van der Waals surface area contributed by atoms with Gasteiger partial charge in [0.2, 0.25) is 0 Å². The SMILES string of the molecule is O=C(CCCCCC1OC(CO)C(O)C(O)C1O)c1ccc[nH]1. The molecular weight excluding hydrogens is 302 g/mol. The number of Topliss-reactive ketones (excluding diaryl/α,β-unsaturated/α-hetero) is 1. The van der Waals surface area contributed by atoms with Crippen molar-refractivity contribution in [2.24, 2.45) is 0 Å². The molecule has 2 rings (SSSR count). The molecule has 1 saturated heterocycles. The van der Waals surface area contributed by atoms with Gasteiger partial charge in [-0.15, -0.1) is 0 Å². The maximum absolute atomic E-state index is 11.8. The van der Waals surface area contributed by atoms with Crippen LogP contribution in [0, 0.1) is 0 Å². The molecule has 5 unspecified atom stereocenters. The van der Waals surface area contributed by atoms with Gasteiger partial charge in [0, 0.05) is 12.6 Å². The number of nitrogens with one attached hydrogen (secondary N) is 1. The minimum absolute atomic E-state index is 0.0721. The van der Waals surface area contributed by atoms with Crippen LogP contribution in [0.1, 0.15) is 42.6 Å². The molecule has 0 saturated carbocycles. The molecule has 130 valence electrons. The maximum atomic E-state index is 11.8. The number of carbonyl (C=O) groups is 1. The predicted octanol–water partition coefficient (Wildman–Crippen LogP) is -0.00970. The average Bonchev–Trinajstić information content (AvgIpc) is 3.08. The number of aliphatic hydroxyl groups excluding tert-OH is 4. The van der Waals surface area contributed by atoms with E-state index >= 15 is 0 Å². The molecule has 0 radical (unpaired) electrons. The zero-order valence-electron chi connectivity index (χ0n) is 13.0. The highest BCUT2D eigenvalue weighted by Crippen LogP contribution is 2.24. The molecule has 7 heteroatoms. The summed E-state index contributed by atoms with van der Waals surface area (Å²) in [5.41, 5.74) is 0.610. The number of aromatic amines is 1. The first-order valence-electron chi connectivity index (χ1n) is 8.01. The van der Waals surface area contributed by atoms with Crippen molar-refractivity contribution in [2.45, 2.75) is 62.6 Å². The van der Waals surface area contributed by atoms with Crippen LogP contribution in [0.2, 0.25) is 0 Å². The van der Waals surface area contributed by atoms with Gasteiger partial charge in [-0.1, -0.05) is 12.8 Å². The van der Waals surface area contributed by atoms with E-state index in [0.29, 0.717) is 18.5 Å². The lowest BCUT2D eigenvalue weighted by atomic mass is 9.92. The summed E-state index contributed by atoms with van der Waals surface area (Å²) in [4.78, 5) is 14.7. The van der Waals surface area contributed by atoms with E-state index < -0.39 is 37.1 Å². The Balaban J connectivity index is 1.68. The number of aliphatic hydroxyl groups is 4. The van der Waals surface area contributed by atoms with Crippen LogP contribution in [0.25, 0.3) is 0 Å². The molecule has 0 bridgehead atoms. The van der Waals surface area contributed by atoms with Crippen LogP contribution in [-0.2, 0) is 4.74 Å². The van der Waals surface area contributed by atoms with Crippen molar-refractivity contribution in [2.75, 3.05) is 6.61 Å².